The minimum absolute atomic E-state index is 0.0216. The van der Waals surface area contributed by atoms with E-state index in [1.807, 2.05) is 18.2 Å². The van der Waals surface area contributed by atoms with Crippen molar-refractivity contribution in [1.82, 2.24) is 9.55 Å². The highest BCUT2D eigenvalue weighted by Gasteiger charge is 2.38. The van der Waals surface area contributed by atoms with Crippen molar-refractivity contribution in [1.29, 1.82) is 0 Å². The molecule has 1 fully saturated rings. The highest BCUT2D eigenvalue weighted by atomic mass is 35.5. The molecule has 1 aromatic heterocycles. The van der Waals surface area contributed by atoms with Gasteiger partial charge in [0.2, 0.25) is 0 Å². The van der Waals surface area contributed by atoms with Gasteiger partial charge in [0.1, 0.15) is 0 Å². The van der Waals surface area contributed by atoms with Gasteiger partial charge in [0, 0.05) is 11.6 Å². The van der Waals surface area contributed by atoms with Gasteiger partial charge in [-0.05, 0) is 36.5 Å². The molecule has 0 saturated heterocycles. The van der Waals surface area contributed by atoms with E-state index in [4.69, 9.17) is 16.7 Å². The first-order valence-corrected chi connectivity index (χ1v) is 7.84. The van der Waals surface area contributed by atoms with Gasteiger partial charge in [-0.2, -0.15) is 0 Å². The van der Waals surface area contributed by atoms with E-state index in [-0.39, 0.29) is 5.75 Å². The number of nitrogens with zero attached hydrogens (tertiary/aromatic N) is 2. The Morgan fingerprint density at radius 1 is 1.55 bits per heavy atom. The maximum atomic E-state index is 10.8. The number of carboxylic acid groups (broad SMARTS) is 1. The Labute approximate surface area is 126 Å². The van der Waals surface area contributed by atoms with Crippen LogP contribution in [0.4, 0.5) is 0 Å². The normalized spacial score (nSPS) is 16.5. The van der Waals surface area contributed by atoms with Crippen molar-refractivity contribution >= 4 is 40.4 Å². The van der Waals surface area contributed by atoms with Gasteiger partial charge < -0.3 is 9.67 Å². The zero-order chi connectivity index (χ0) is 14.3. The number of carboxylic acids is 1. The fourth-order valence-corrected chi connectivity index (χ4v) is 3.12. The summed E-state index contributed by atoms with van der Waals surface area (Å²) in [7, 11) is 0. The van der Waals surface area contributed by atoms with Gasteiger partial charge in [-0.1, -0.05) is 30.3 Å². The number of aromatic nitrogens is 2. The molecule has 3 rings (SSSR count). The molecule has 1 aliphatic carbocycles. The molecule has 0 spiro atoms. The van der Waals surface area contributed by atoms with Gasteiger partial charge in [0.25, 0.3) is 0 Å². The number of thioether (sulfide) groups is 1. The van der Waals surface area contributed by atoms with Crippen LogP contribution in [0.1, 0.15) is 19.8 Å². The summed E-state index contributed by atoms with van der Waals surface area (Å²) in [5, 5.41) is 10.3. The highest BCUT2D eigenvalue weighted by Crippen LogP contribution is 2.47. The van der Waals surface area contributed by atoms with Crippen molar-refractivity contribution in [3.63, 3.8) is 0 Å². The molecular weight excluding hydrogens is 296 g/mol. The van der Waals surface area contributed by atoms with Gasteiger partial charge in [0.15, 0.2) is 5.16 Å². The van der Waals surface area contributed by atoms with Crippen molar-refractivity contribution < 1.29 is 9.90 Å². The summed E-state index contributed by atoms with van der Waals surface area (Å²) in [5.41, 5.74) is 2.17. The molecule has 1 aliphatic rings. The van der Waals surface area contributed by atoms with Crippen LogP contribution >= 0.6 is 23.4 Å². The van der Waals surface area contributed by atoms with Gasteiger partial charge in [-0.15, -0.1) is 0 Å². The Morgan fingerprint density at radius 3 is 2.95 bits per heavy atom. The van der Waals surface area contributed by atoms with Crippen LogP contribution in [0.5, 0.6) is 0 Å². The van der Waals surface area contributed by atoms with Gasteiger partial charge in [0.05, 0.1) is 16.8 Å². The van der Waals surface area contributed by atoms with E-state index in [0.29, 0.717) is 10.4 Å². The Balaban J connectivity index is 2.02. The fourth-order valence-electron chi connectivity index (χ4n) is 2.22. The largest absolute Gasteiger partial charge is 0.481 e. The highest BCUT2D eigenvalue weighted by molar-refractivity contribution is 7.99. The predicted molar refractivity (Wildman–Crippen MR) is 80.4 cm³/mol. The molecule has 0 unspecified atom stereocenters. The number of hydrogen-bond donors (Lipinski definition) is 1. The number of benzene rings is 1. The van der Waals surface area contributed by atoms with E-state index in [9.17, 15) is 4.79 Å². The number of hydrogen-bond acceptors (Lipinski definition) is 3. The number of fused-ring (bicyclic) bond motifs is 1. The second kappa shape index (κ2) is 4.97. The van der Waals surface area contributed by atoms with Crippen LogP contribution in [0.25, 0.3) is 11.0 Å². The van der Waals surface area contributed by atoms with Crippen LogP contribution in [-0.2, 0) is 11.3 Å². The van der Waals surface area contributed by atoms with E-state index in [1.54, 1.807) is 0 Å². The average molecular weight is 311 g/mol. The topological polar surface area (TPSA) is 55.1 Å². The van der Waals surface area contributed by atoms with Crippen molar-refractivity contribution in [2.24, 2.45) is 5.41 Å². The lowest BCUT2D eigenvalue weighted by molar-refractivity contribution is -0.133. The lowest BCUT2D eigenvalue weighted by Crippen LogP contribution is -2.10. The third kappa shape index (κ3) is 2.79. The van der Waals surface area contributed by atoms with Gasteiger partial charge >= 0.3 is 5.97 Å². The lowest BCUT2D eigenvalue weighted by atomic mass is 10.1. The van der Waals surface area contributed by atoms with Crippen molar-refractivity contribution in [3.8, 4) is 0 Å². The summed E-state index contributed by atoms with van der Waals surface area (Å²) in [6.45, 7) is 3.11. The van der Waals surface area contributed by atoms with E-state index in [1.165, 1.54) is 24.6 Å². The van der Waals surface area contributed by atoms with Gasteiger partial charge in [-0.25, -0.2) is 4.98 Å². The predicted octanol–water partition coefficient (Wildman–Crippen LogP) is 3.67. The van der Waals surface area contributed by atoms with Crippen molar-refractivity contribution in [2.45, 2.75) is 31.5 Å². The minimum Gasteiger partial charge on any atom is -0.481 e. The van der Waals surface area contributed by atoms with Crippen molar-refractivity contribution in [2.75, 3.05) is 5.75 Å². The van der Waals surface area contributed by atoms with Crippen LogP contribution in [0.2, 0.25) is 5.02 Å². The molecule has 0 bridgehead atoms. The molecule has 0 atom stereocenters. The zero-order valence-corrected chi connectivity index (χ0v) is 12.7. The van der Waals surface area contributed by atoms with Crippen molar-refractivity contribution in [3.05, 3.63) is 23.2 Å². The van der Waals surface area contributed by atoms with Gasteiger partial charge in [-0.3, -0.25) is 4.79 Å². The SMILES string of the molecule is CC1(Cn2c(SCC(=O)O)nc3ccc(Cl)cc32)CC1. The molecule has 6 heteroatoms. The summed E-state index contributed by atoms with van der Waals surface area (Å²) in [4.78, 5) is 15.3. The Bertz CT molecular complexity index is 679. The second-order valence-electron chi connectivity index (χ2n) is 5.61. The third-order valence-electron chi connectivity index (χ3n) is 3.64. The van der Waals surface area contributed by atoms with Crippen LogP contribution in [-0.4, -0.2) is 26.4 Å². The number of carbonyl (C=O) groups is 1. The number of aliphatic carboxylic acids is 1. The second-order valence-corrected chi connectivity index (χ2v) is 6.99. The molecule has 106 valence electrons. The van der Waals surface area contributed by atoms with E-state index >= 15 is 0 Å². The molecular formula is C14H15ClN2O2S. The Hall–Kier alpha value is -1.20. The molecule has 1 aromatic carbocycles. The Morgan fingerprint density at radius 2 is 2.30 bits per heavy atom. The van der Waals surface area contributed by atoms with Crippen LogP contribution < -0.4 is 0 Å². The first-order valence-electron chi connectivity index (χ1n) is 6.47. The molecule has 2 aromatic rings. The number of rotatable bonds is 5. The fraction of sp³-hybridized carbons (Fsp3) is 0.429. The lowest BCUT2D eigenvalue weighted by Gasteiger charge is -2.13. The summed E-state index contributed by atoms with van der Waals surface area (Å²) in [6.07, 6.45) is 2.41. The number of halogens is 1. The van der Waals surface area contributed by atoms with Crippen LogP contribution in [0.15, 0.2) is 23.4 Å². The minimum atomic E-state index is -0.829. The molecule has 1 heterocycles. The summed E-state index contributed by atoms with van der Waals surface area (Å²) in [5.74, 6) is -0.808. The Kier molecular flexibility index (Phi) is 3.42. The summed E-state index contributed by atoms with van der Waals surface area (Å²) < 4.78 is 2.11. The van der Waals surface area contributed by atoms with E-state index in [0.717, 1.165) is 22.7 Å². The molecule has 1 N–H and O–H groups in total. The molecule has 0 radical (unpaired) electrons. The smallest absolute Gasteiger partial charge is 0.313 e. The summed E-state index contributed by atoms with van der Waals surface area (Å²) in [6, 6.07) is 5.60. The molecule has 0 amide bonds. The van der Waals surface area contributed by atoms with E-state index in [2.05, 4.69) is 16.5 Å². The van der Waals surface area contributed by atoms with Crippen LogP contribution in [0.3, 0.4) is 0 Å². The zero-order valence-electron chi connectivity index (χ0n) is 11.1. The number of imidazole rings is 1. The summed E-state index contributed by atoms with van der Waals surface area (Å²) >= 11 is 7.34. The molecule has 1 saturated carbocycles. The quantitative estimate of drug-likeness (QED) is 0.856. The molecule has 4 nitrogen and oxygen atoms in total. The molecule has 20 heavy (non-hydrogen) atoms. The third-order valence-corrected chi connectivity index (χ3v) is 4.84. The van der Waals surface area contributed by atoms with E-state index < -0.39 is 5.97 Å². The first kappa shape index (κ1) is 13.8. The standard InChI is InChI=1S/C14H15ClN2O2S/c1-14(4-5-14)8-17-11-6-9(15)2-3-10(11)16-13(17)20-7-12(18)19/h2-3,6H,4-5,7-8H2,1H3,(H,18,19). The monoisotopic (exact) mass is 310 g/mol. The molecule has 0 aliphatic heterocycles. The van der Waals surface area contributed by atoms with Crippen LogP contribution in [0, 0.1) is 5.41 Å². The maximum Gasteiger partial charge on any atom is 0.313 e. The first-order chi connectivity index (χ1) is 9.47. The average Bonchev–Trinajstić information content (AvgIpc) is 3.02. The maximum absolute atomic E-state index is 10.8.